The van der Waals surface area contributed by atoms with Crippen LogP contribution in [0.3, 0.4) is 0 Å². The highest BCUT2D eigenvalue weighted by molar-refractivity contribution is 5.99. The Kier molecular flexibility index (Phi) is 27.9. The van der Waals surface area contributed by atoms with Crippen molar-refractivity contribution in [2.45, 2.75) is 199 Å². The van der Waals surface area contributed by atoms with Gasteiger partial charge < -0.3 is 89.1 Å². The standard InChI is InChI=1S/C53H87N13O18/c1-25(2)20-32(51(81)64-17-9-12-34(64)45(75)59-31(15-16-37(55)69)44(74)57-23-38(70)56-24-39(71)58-33(53(83)84)21-26(3)4)60-48(78)42(28(7)67)63-47(77)41(27(5)6)61-49(79)43(29(8)68)62-46(76)35-13-10-18-65(35)52(82)36-14-11-19-66(36)50(80)30(54)22-40(72)73/h25-36,41-43,67-68H,9-24,54H2,1-8H3,(H2,55,69)(H,56,70)(H,57,74)(H,58,71)(H,59,75)(H,60,78)(H,61,79)(H,62,76)(H,63,77)(H,72,73)(H,83,84)/t28-,29-,30+,31+,32+,33+,34+,35+,36+,41+,42+,43+/m1/s1. The van der Waals surface area contributed by atoms with Gasteiger partial charge in [-0.15, -0.1) is 0 Å². The molecule has 12 atom stereocenters. The molecule has 0 bridgehead atoms. The van der Waals surface area contributed by atoms with Gasteiger partial charge in [-0.05, 0) is 89.4 Å². The molecular weight excluding hydrogens is 1110 g/mol. The zero-order valence-electron chi connectivity index (χ0n) is 49.0. The Bertz CT molecular complexity index is 2420. The predicted molar refractivity (Wildman–Crippen MR) is 295 cm³/mol. The number of likely N-dealkylation sites (tertiary alicyclic amines) is 3. The number of nitrogens with zero attached hydrogens (tertiary/aromatic N) is 3. The number of carbonyl (C=O) groups is 14. The number of primary amides is 1. The first kappa shape index (κ1) is 70.7. The number of hydrogen-bond donors (Lipinski definition) is 14. The molecule has 0 aliphatic carbocycles. The zero-order chi connectivity index (χ0) is 63.4. The summed E-state index contributed by atoms with van der Waals surface area (Å²) in [4.78, 5) is 188. The number of aliphatic hydroxyl groups is 2. The van der Waals surface area contributed by atoms with Crippen LogP contribution in [0.15, 0.2) is 0 Å². The van der Waals surface area contributed by atoms with Crippen molar-refractivity contribution in [3.05, 3.63) is 0 Å². The van der Waals surface area contributed by atoms with Crippen LogP contribution in [-0.2, 0) is 67.1 Å². The number of carboxylic acid groups (broad SMARTS) is 2. The van der Waals surface area contributed by atoms with Crippen molar-refractivity contribution in [2.24, 2.45) is 29.2 Å². The summed E-state index contributed by atoms with van der Waals surface area (Å²) in [6.45, 7) is 11.4. The van der Waals surface area contributed by atoms with Crippen molar-refractivity contribution in [3.8, 4) is 0 Å². The molecule has 0 unspecified atom stereocenters. The molecule has 31 nitrogen and oxygen atoms in total. The molecule has 0 spiro atoms. The largest absolute Gasteiger partial charge is 0.481 e. The lowest BCUT2D eigenvalue weighted by Gasteiger charge is -2.33. The third kappa shape index (κ3) is 21.3. The van der Waals surface area contributed by atoms with Crippen molar-refractivity contribution in [3.63, 3.8) is 0 Å². The summed E-state index contributed by atoms with van der Waals surface area (Å²) in [6, 6.07) is -13.7. The summed E-state index contributed by atoms with van der Waals surface area (Å²) in [5, 5.41) is 59.6. The van der Waals surface area contributed by atoms with E-state index in [0.717, 1.165) is 0 Å². The third-order valence-electron chi connectivity index (χ3n) is 14.4. The van der Waals surface area contributed by atoms with Crippen molar-refractivity contribution in [1.82, 2.24) is 57.2 Å². The topological polar surface area (TPSA) is 478 Å². The summed E-state index contributed by atoms with van der Waals surface area (Å²) < 4.78 is 0. The van der Waals surface area contributed by atoms with E-state index in [-0.39, 0.29) is 76.4 Å². The van der Waals surface area contributed by atoms with Crippen LogP contribution >= 0.6 is 0 Å². The van der Waals surface area contributed by atoms with Gasteiger partial charge in [-0.2, -0.15) is 0 Å². The fourth-order valence-corrected chi connectivity index (χ4v) is 10.1. The number of carbonyl (C=O) groups excluding carboxylic acids is 12. The van der Waals surface area contributed by atoms with Gasteiger partial charge in [0.2, 0.25) is 70.9 Å². The van der Waals surface area contributed by atoms with Gasteiger partial charge >= 0.3 is 11.9 Å². The van der Waals surface area contributed by atoms with E-state index in [2.05, 4.69) is 42.5 Å². The molecule has 3 heterocycles. The average Bonchev–Trinajstić information content (AvgIpc) is 4.39. The maximum absolute atomic E-state index is 14.4. The molecule has 0 saturated carbocycles. The van der Waals surface area contributed by atoms with Crippen LogP contribution in [0.25, 0.3) is 0 Å². The Morgan fingerprint density at radius 3 is 1.50 bits per heavy atom. The lowest BCUT2D eigenvalue weighted by atomic mass is 9.99. The molecular formula is C53H87N13O18. The number of rotatable bonds is 32. The van der Waals surface area contributed by atoms with Crippen molar-refractivity contribution >= 4 is 82.8 Å². The molecule has 3 aliphatic heterocycles. The van der Waals surface area contributed by atoms with Crippen molar-refractivity contribution in [1.29, 1.82) is 0 Å². The highest BCUT2D eigenvalue weighted by Gasteiger charge is 2.45. The van der Waals surface area contributed by atoms with Crippen LogP contribution in [0.1, 0.15) is 126 Å². The van der Waals surface area contributed by atoms with Gasteiger partial charge in [-0.25, -0.2) is 4.79 Å². The van der Waals surface area contributed by atoms with E-state index in [1.54, 1.807) is 27.7 Å². The van der Waals surface area contributed by atoms with Crippen molar-refractivity contribution < 1.29 is 87.5 Å². The lowest BCUT2D eigenvalue weighted by Crippen LogP contribution is -2.63. The average molecular weight is 1190 g/mol. The Balaban J connectivity index is 1.71. The second-order valence-corrected chi connectivity index (χ2v) is 22.8. The highest BCUT2D eigenvalue weighted by atomic mass is 16.4. The maximum atomic E-state index is 14.4. The summed E-state index contributed by atoms with van der Waals surface area (Å²) >= 11 is 0. The SMILES string of the molecule is CC(C)C[C@H](NC(=O)CNC(=O)CNC(=O)[C@H](CCC(N)=O)NC(=O)[C@@H]1CCCN1C(=O)[C@H](CC(C)C)NC(=O)[C@@H](NC(=O)[C@@H](NC(=O)[C@@H](NC(=O)[C@@H]1CCCN1C(=O)[C@@H]1CCCN1C(=O)[C@@H](N)CC(=O)O)[C@@H](C)O)C(C)C)[C@@H](C)O)C(=O)O. The van der Waals surface area contributed by atoms with E-state index in [0.29, 0.717) is 19.3 Å². The molecule has 16 N–H and O–H groups in total. The van der Waals surface area contributed by atoms with Crippen molar-refractivity contribution in [2.75, 3.05) is 32.7 Å². The summed E-state index contributed by atoms with van der Waals surface area (Å²) in [5.41, 5.74) is 11.2. The first-order valence-corrected chi connectivity index (χ1v) is 28.4. The number of aliphatic hydroxyl groups excluding tert-OH is 2. The Morgan fingerprint density at radius 2 is 0.976 bits per heavy atom. The van der Waals surface area contributed by atoms with Gasteiger partial charge in [-0.1, -0.05) is 41.5 Å². The Hall–Kier alpha value is -7.54. The summed E-state index contributed by atoms with van der Waals surface area (Å²) in [6.07, 6.45) is -2.86. The van der Waals surface area contributed by atoms with Gasteiger partial charge in [0.15, 0.2) is 0 Å². The van der Waals surface area contributed by atoms with Gasteiger partial charge in [0.1, 0.15) is 54.4 Å². The highest BCUT2D eigenvalue weighted by Crippen LogP contribution is 2.27. The Morgan fingerprint density at radius 1 is 0.512 bits per heavy atom. The fourth-order valence-electron chi connectivity index (χ4n) is 10.1. The van der Waals surface area contributed by atoms with E-state index in [4.69, 9.17) is 16.6 Å². The molecule has 84 heavy (non-hydrogen) atoms. The number of nitrogens with two attached hydrogens (primary N) is 2. The minimum atomic E-state index is -1.75. The van der Waals surface area contributed by atoms with E-state index in [1.165, 1.54) is 42.4 Å². The number of hydrogen-bond acceptors (Lipinski definition) is 17. The van der Waals surface area contributed by atoms with Crippen LogP contribution in [0.4, 0.5) is 0 Å². The second kappa shape index (κ2) is 33.1. The number of nitrogens with one attached hydrogen (secondary N) is 8. The number of amides is 12. The number of aliphatic carboxylic acids is 2. The van der Waals surface area contributed by atoms with Crippen LogP contribution in [-0.4, -0.2) is 223 Å². The van der Waals surface area contributed by atoms with E-state index in [9.17, 15) is 82.4 Å². The van der Waals surface area contributed by atoms with Crippen LogP contribution < -0.4 is 54.0 Å². The molecule has 3 rings (SSSR count). The monoisotopic (exact) mass is 1190 g/mol. The number of carboxylic acids is 2. The molecule has 472 valence electrons. The molecule has 0 radical (unpaired) electrons. The first-order chi connectivity index (χ1) is 39.2. The van der Waals surface area contributed by atoms with Gasteiger partial charge in [-0.3, -0.25) is 62.3 Å². The van der Waals surface area contributed by atoms with Crippen LogP contribution in [0.5, 0.6) is 0 Å². The minimum absolute atomic E-state index is 0.00670. The summed E-state index contributed by atoms with van der Waals surface area (Å²) in [5.74, 6) is -13.8. The zero-order valence-corrected chi connectivity index (χ0v) is 49.0. The van der Waals surface area contributed by atoms with Crippen LogP contribution in [0.2, 0.25) is 0 Å². The molecule has 0 aromatic carbocycles. The molecule has 0 aromatic heterocycles. The van der Waals surface area contributed by atoms with Gasteiger partial charge in [0.25, 0.3) is 0 Å². The van der Waals surface area contributed by atoms with E-state index in [1.807, 2.05) is 0 Å². The third-order valence-corrected chi connectivity index (χ3v) is 14.4. The first-order valence-electron chi connectivity index (χ1n) is 28.4. The second-order valence-electron chi connectivity index (χ2n) is 22.8. The van der Waals surface area contributed by atoms with Gasteiger partial charge in [0, 0.05) is 26.1 Å². The lowest BCUT2D eigenvalue weighted by molar-refractivity contribution is -0.148. The smallest absolute Gasteiger partial charge is 0.326 e. The molecule has 3 saturated heterocycles. The molecule has 0 aromatic rings. The molecule has 12 amide bonds. The normalized spacial score (nSPS) is 20.0. The summed E-state index contributed by atoms with van der Waals surface area (Å²) in [7, 11) is 0. The maximum Gasteiger partial charge on any atom is 0.326 e. The molecule has 31 heteroatoms. The minimum Gasteiger partial charge on any atom is -0.481 e. The predicted octanol–water partition coefficient (Wildman–Crippen LogP) is -5.24. The van der Waals surface area contributed by atoms with Gasteiger partial charge in [0.05, 0.1) is 37.8 Å². The van der Waals surface area contributed by atoms with Crippen LogP contribution in [0, 0.1) is 17.8 Å². The molecule has 3 aliphatic rings. The van der Waals surface area contributed by atoms with E-state index >= 15 is 0 Å². The molecule has 3 fully saturated rings. The van der Waals surface area contributed by atoms with E-state index < -0.39 is 181 Å². The fraction of sp³-hybridized carbons (Fsp3) is 0.736. The Labute approximate surface area is 486 Å². The quantitative estimate of drug-likeness (QED) is 0.0299.